The van der Waals surface area contributed by atoms with Crippen molar-refractivity contribution in [2.45, 2.75) is 0 Å². The smallest absolute Gasteiger partial charge is 0.0626 e. The van der Waals surface area contributed by atoms with Crippen LogP contribution in [0, 0.1) is 0 Å². The number of aromatic nitrogens is 3. The molecule has 30 rings (SSSR count). The number of hydrogen-bond donors (Lipinski definition) is 0. The third-order valence-corrected chi connectivity index (χ3v) is 29.6. The molecule has 139 heavy (non-hydrogen) atoms. The minimum atomic E-state index is 1.16. The van der Waals surface area contributed by atoms with Gasteiger partial charge < -0.3 is 13.7 Å². The molecule has 3 aromatic heterocycles. The van der Waals surface area contributed by atoms with Gasteiger partial charge in [0.05, 0.1) is 38.8 Å². The highest BCUT2D eigenvalue weighted by atomic mass is 15.0. The zero-order chi connectivity index (χ0) is 91.3. The molecule has 0 aliphatic rings. The minimum Gasteiger partial charge on any atom is -0.309 e. The first kappa shape index (κ1) is 79.3. The summed E-state index contributed by atoms with van der Waals surface area (Å²) in [4.78, 5) is 0. The van der Waals surface area contributed by atoms with Crippen LogP contribution in [0.15, 0.2) is 516 Å². The van der Waals surface area contributed by atoms with Crippen molar-refractivity contribution in [3.8, 4) is 72.7 Å². The fraction of sp³-hybridized carbons (Fsp3) is 0. The molecule has 0 aliphatic carbocycles. The van der Waals surface area contributed by atoms with Crippen LogP contribution in [-0.4, -0.2) is 13.7 Å². The highest BCUT2D eigenvalue weighted by molar-refractivity contribution is 6.42. The van der Waals surface area contributed by atoms with E-state index < -0.39 is 0 Å². The third-order valence-electron chi connectivity index (χ3n) is 29.6. The summed E-state index contributed by atoms with van der Waals surface area (Å²) in [5.41, 5.74) is 23.4. The monoisotopic (exact) mass is 1760 g/mol. The molecule has 0 saturated heterocycles. The van der Waals surface area contributed by atoms with Crippen molar-refractivity contribution >= 4 is 205 Å². The molecule has 0 saturated carbocycles. The maximum atomic E-state index is 2.51. The van der Waals surface area contributed by atoms with Gasteiger partial charge >= 0.3 is 0 Å². The molecule has 0 fully saturated rings. The van der Waals surface area contributed by atoms with Gasteiger partial charge in [0, 0.05) is 81.4 Å². The van der Waals surface area contributed by atoms with E-state index >= 15 is 0 Å². The summed E-state index contributed by atoms with van der Waals surface area (Å²) in [6.07, 6.45) is 0. The van der Waals surface area contributed by atoms with E-state index in [1.807, 2.05) is 0 Å². The van der Waals surface area contributed by atoms with E-state index in [4.69, 9.17) is 0 Å². The molecule has 3 nitrogen and oxygen atoms in total. The molecule has 0 bridgehead atoms. The topological polar surface area (TPSA) is 14.8 Å². The molecule has 0 radical (unpaired) electrons. The van der Waals surface area contributed by atoms with Crippen LogP contribution in [-0.2, 0) is 0 Å². The lowest BCUT2D eigenvalue weighted by Crippen LogP contribution is -1.96. The summed E-state index contributed by atoms with van der Waals surface area (Å²) in [6.45, 7) is 0. The van der Waals surface area contributed by atoms with Crippen molar-refractivity contribution in [3.05, 3.63) is 516 Å². The second-order valence-corrected chi connectivity index (χ2v) is 37.1. The van der Waals surface area contributed by atoms with Gasteiger partial charge in [-0.05, 0) is 237 Å². The van der Waals surface area contributed by atoms with Gasteiger partial charge in [-0.25, -0.2) is 0 Å². The summed E-state index contributed by atoms with van der Waals surface area (Å²) < 4.78 is 7.48. The van der Waals surface area contributed by atoms with Gasteiger partial charge in [-0.2, -0.15) is 0 Å². The molecule has 0 amide bonds. The van der Waals surface area contributed by atoms with E-state index in [0.29, 0.717) is 0 Å². The summed E-state index contributed by atoms with van der Waals surface area (Å²) in [6, 6.07) is 189. The van der Waals surface area contributed by atoms with E-state index in [1.165, 1.54) is 272 Å². The zero-order valence-electron chi connectivity index (χ0n) is 75.9. The van der Waals surface area contributed by atoms with E-state index in [0.717, 1.165) is 5.69 Å². The van der Waals surface area contributed by atoms with Crippen LogP contribution in [0.3, 0.4) is 0 Å². The van der Waals surface area contributed by atoms with Crippen molar-refractivity contribution in [2.75, 3.05) is 0 Å². The Labute approximate surface area is 801 Å². The second kappa shape index (κ2) is 32.3. The van der Waals surface area contributed by atoms with Gasteiger partial charge in [-0.15, -0.1) is 0 Å². The maximum absolute atomic E-state index is 2.51. The van der Waals surface area contributed by atoms with Gasteiger partial charge in [0.2, 0.25) is 0 Å². The van der Waals surface area contributed by atoms with Crippen LogP contribution >= 0.6 is 0 Å². The first-order chi connectivity index (χ1) is 69.0. The van der Waals surface area contributed by atoms with Crippen LogP contribution in [0.5, 0.6) is 0 Å². The number of hydrogen-bond acceptors (Lipinski definition) is 0. The Morgan fingerprint density at radius 1 is 0.115 bits per heavy atom. The number of benzene rings is 27. The van der Waals surface area contributed by atoms with Crippen LogP contribution in [0.4, 0.5) is 0 Å². The number of fused-ring (bicyclic) bond motifs is 34. The quantitative estimate of drug-likeness (QED) is 0.135. The Bertz CT molecular complexity index is 10300. The van der Waals surface area contributed by atoms with Crippen molar-refractivity contribution in [1.29, 1.82) is 0 Å². The normalized spacial score (nSPS) is 11.9. The molecule has 0 unspecified atom stereocenters. The molecular weight excluding hydrogens is 1680 g/mol. The Balaban J connectivity index is 0.000000103. The third kappa shape index (κ3) is 12.7. The van der Waals surface area contributed by atoms with Gasteiger partial charge in [0.1, 0.15) is 0 Å². The Morgan fingerprint density at radius 2 is 0.381 bits per heavy atom. The van der Waals surface area contributed by atoms with Gasteiger partial charge in [0.25, 0.3) is 0 Å². The van der Waals surface area contributed by atoms with Crippen LogP contribution < -0.4 is 0 Å². The van der Waals surface area contributed by atoms with E-state index in [1.54, 1.807) is 0 Å². The van der Waals surface area contributed by atoms with Crippen LogP contribution in [0.25, 0.3) is 278 Å². The lowest BCUT2D eigenvalue weighted by molar-refractivity contribution is 1.19. The molecule has 0 spiro atoms. The van der Waals surface area contributed by atoms with Crippen LogP contribution in [0.1, 0.15) is 0 Å². The first-order valence-corrected chi connectivity index (χ1v) is 48.2. The average Bonchev–Trinajstić information content (AvgIpc) is 1.55. The Hall–Kier alpha value is -18.3. The molecule has 644 valence electrons. The van der Waals surface area contributed by atoms with Crippen molar-refractivity contribution < 1.29 is 0 Å². The molecule has 3 heterocycles. The second-order valence-electron chi connectivity index (χ2n) is 37.1. The SMILES string of the molecule is c1ccc(-c2ccc(-c3cc4c5ccccc5c5c(c6ccccc6n5-c5ccc(-c6ccccc6)cc5)c4c4ccccc34)cc2)cc1.c1ccc2cc(-c3cc4c5ccccc5c5c(c6ccccc6n5-c5ccc6ccccc6c5)c4c4ccccc34)ccc2c1.c1ccc2cc(-c3cc4c5ccccc5c5c(c6ccccc6n5-c5cccc6ccccc56)c4c4ccccc34)ccc2c1. The maximum Gasteiger partial charge on any atom is 0.0626 e. The van der Waals surface area contributed by atoms with Gasteiger partial charge in [-0.1, -0.05) is 437 Å². The van der Waals surface area contributed by atoms with Crippen molar-refractivity contribution in [1.82, 2.24) is 13.7 Å². The number of para-hydroxylation sites is 3. The summed E-state index contributed by atoms with van der Waals surface area (Å²) >= 11 is 0. The molecule has 0 N–H and O–H groups in total. The molecule has 3 heteroatoms. The van der Waals surface area contributed by atoms with E-state index in [2.05, 4.69) is 529 Å². The number of rotatable bonds is 8. The Morgan fingerprint density at radius 3 is 0.806 bits per heavy atom. The highest BCUT2D eigenvalue weighted by Crippen LogP contribution is 2.53. The molecule has 0 aliphatic heterocycles. The predicted molar refractivity (Wildman–Crippen MR) is 597 cm³/mol. The molecular formula is C136H85N3. The zero-order valence-corrected chi connectivity index (χ0v) is 75.9. The fourth-order valence-electron chi connectivity index (χ4n) is 23.4. The lowest BCUT2D eigenvalue weighted by atomic mass is 9.88. The Kier molecular flexibility index (Phi) is 18.4. The lowest BCUT2D eigenvalue weighted by Gasteiger charge is -2.17. The largest absolute Gasteiger partial charge is 0.309 e. The van der Waals surface area contributed by atoms with E-state index in [9.17, 15) is 0 Å². The van der Waals surface area contributed by atoms with Crippen LogP contribution in [0.2, 0.25) is 0 Å². The summed E-state index contributed by atoms with van der Waals surface area (Å²) in [5, 5.41) is 40.9. The summed E-state index contributed by atoms with van der Waals surface area (Å²) in [5.74, 6) is 0. The minimum absolute atomic E-state index is 1.16. The highest BCUT2D eigenvalue weighted by Gasteiger charge is 2.28. The molecule has 0 atom stereocenters. The predicted octanol–water partition coefficient (Wildman–Crippen LogP) is 37.7. The number of nitrogens with zero attached hydrogens (tertiary/aromatic N) is 3. The van der Waals surface area contributed by atoms with Crippen molar-refractivity contribution in [3.63, 3.8) is 0 Å². The van der Waals surface area contributed by atoms with Gasteiger partial charge in [-0.3, -0.25) is 0 Å². The standard InChI is InChI=1S/C48H31N.2C44H27N/c1-3-13-32(14-4-1)34-23-25-36(26-24-34)43-31-44-39-18-8-10-20-41(39)48-47(46(44)40-19-9-7-17-38(40)43)42-21-11-12-22-45(42)49(48)37-29-27-35(28-30-37)33-15-5-2-6-16-33;1-3-13-30-25-32(22-21-28(30)11-1)39-27-40-35-16-6-8-18-37(35)44-43(42(40)36-17-7-5-15-34(36)39)38-19-9-10-20-41(38)45(44)33-24-23-29-12-2-4-14-31(29)26-33;1-2-14-30-26-31(25-24-28(30)12-1)38-27-39-34-18-6-8-20-36(34)44-43(42(39)35-19-7-5-17-33(35)38)37-21-9-10-22-41(37)45(44)40-23-11-15-29-13-3-4-16-32(29)40/h1-31H;2*1-27H. The van der Waals surface area contributed by atoms with Gasteiger partial charge in [0.15, 0.2) is 0 Å². The van der Waals surface area contributed by atoms with Crippen molar-refractivity contribution in [2.24, 2.45) is 0 Å². The molecule has 30 aromatic rings. The molecule has 27 aromatic carbocycles. The fourth-order valence-corrected chi connectivity index (χ4v) is 23.4. The van der Waals surface area contributed by atoms with E-state index in [-0.39, 0.29) is 0 Å². The summed E-state index contributed by atoms with van der Waals surface area (Å²) in [7, 11) is 0. The average molecular weight is 1760 g/mol. The first-order valence-electron chi connectivity index (χ1n) is 48.2.